The normalized spacial score (nSPS) is 14.3. The summed E-state index contributed by atoms with van der Waals surface area (Å²) in [5.74, 6) is -8.85. The number of aromatic hydroxyl groups is 1. The lowest BCUT2D eigenvalue weighted by molar-refractivity contribution is -0.141. The maximum atomic E-state index is 13.7. The molecule has 0 aliphatic heterocycles. The fraction of sp³-hybridized carbons (Fsp3) is 0.459. The second-order valence-corrected chi connectivity index (χ2v) is 13.7. The summed E-state index contributed by atoms with van der Waals surface area (Å²) in [6.45, 7) is 7.07. The molecule has 2 rings (SSSR count). The summed E-state index contributed by atoms with van der Waals surface area (Å²) in [6.07, 6.45) is -0.904. The summed E-state index contributed by atoms with van der Waals surface area (Å²) in [6, 6.07) is 6.71. The molecule has 18 heteroatoms. The molecule has 0 spiro atoms. The number of carbonyl (C=O) groups excluding carboxylic acids is 6. The van der Waals surface area contributed by atoms with Gasteiger partial charge in [0.05, 0.1) is 12.5 Å². The third-order valence-electron chi connectivity index (χ3n) is 8.32. The molecule has 0 aliphatic carbocycles. The number of amides is 6. The second-order valence-electron chi connectivity index (χ2n) is 13.7. The highest BCUT2D eigenvalue weighted by Gasteiger charge is 2.35. The lowest BCUT2D eigenvalue weighted by Gasteiger charge is -2.29. The molecule has 18 nitrogen and oxygen atoms in total. The van der Waals surface area contributed by atoms with E-state index in [1.807, 2.05) is 0 Å². The number of nitrogens with one attached hydrogen (secondary N) is 6. The summed E-state index contributed by atoms with van der Waals surface area (Å²) in [5, 5.41) is 42.6. The molecule has 0 fully saturated rings. The molecule has 0 heterocycles. The van der Waals surface area contributed by atoms with E-state index >= 15 is 0 Å². The number of nitrogens with two attached hydrogens (primary N) is 1. The topological polar surface area (TPSA) is 295 Å². The van der Waals surface area contributed by atoms with Crippen LogP contribution in [-0.2, 0) is 51.2 Å². The summed E-state index contributed by atoms with van der Waals surface area (Å²) >= 11 is 0. The van der Waals surface area contributed by atoms with Crippen LogP contribution < -0.4 is 37.6 Å². The number of rotatable bonds is 21. The first-order valence-electron chi connectivity index (χ1n) is 17.6. The Morgan fingerprint density at radius 3 is 1.62 bits per heavy atom. The Bertz CT molecular complexity index is 1670. The third-order valence-corrected chi connectivity index (χ3v) is 8.32. The SMILES string of the molecule is CC(NC(=O)C(N)Cc1ccc(O)cc1)C(=O)NC(Cc1ccccc1)C(=O)NC(CC(=O)O)C(=O)NC(C(=O)NC(C(=O)NCC(=O)O)C(C)C)C(C)C. The van der Waals surface area contributed by atoms with Crippen molar-refractivity contribution >= 4 is 47.4 Å². The van der Waals surface area contributed by atoms with Gasteiger partial charge >= 0.3 is 11.9 Å². The Morgan fingerprint density at radius 2 is 1.07 bits per heavy atom. The first-order valence-corrected chi connectivity index (χ1v) is 17.6. The molecule has 55 heavy (non-hydrogen) atoms. The summed E-state index contributed by atoms with van der Waals surface area (Å²) in [5.41, 5.74) is 7.30. The van der Waals surface area contributed by atoms with Crippen molar-refractivity contribution in [3.05, 3.63) is 65.7 Å². The lowest BCUT2D eigenvalue weighted by atomic mass is 9.99. The van der Waals surface area contributed by atoms with Crippen LogP contribution in [-0.4, -0.2) is 105 Å². The van der Waals surface area contributed by atoms with Gasteiger partial charge < -0.3 is 53.0 Å². The van der Waals surface area contributed by atoms with Gasteiger partial charge in [-0.3, -0.25) is 38.4 Å². The molecule has 6 unspecified atom stereocenters. The molecule has 0 aliphatic rings. The molecular weight excluding hydrogens is 718 g/mol. The molecule has 0 aromatic heterocycles. The molecule has 0 saturated heterocycles. The Morgan fingerprint density at radius 1 is 0.564 bits per heavy atom. The van der Waals surface area contributed by atoms with Crippen molar-refractivity contribution in [2.45, 2.75) is 90.1 Å². The molecule has 11 N–H and O–H groups in total. The zero-order chi connectivity index (χ0) is 41.4. The average Bonchev–Trinajstić information content (AvgIpc) is 3.11. The Kier molecular flexibility index (Phi) is 17.7. The van der Waals surface area contributed by atoms with Crippen LogP contribution in [0.5, 0.6) is 5.75 Å². The highest BCUT2D eigenvalue weighted by atomic mass is 16.4. The minimum absolute atomic E-state index is 0.0398. The van der Waals surface area contributed by atoms with E-state index in [0.29, 0.717) is 11.1 Å². The van der Waals surface area contributed by atoms with Gasteiger partial charge in [-0.1, -0.05) is 70.2 Å². The van der Waals surface area contributed by atoms with Gasteiger partial charge in [0.25, 0.3) is 0 Å². The van der Waals surface area contributed by atoms with Crippen LogP contribution in [0, 0.1) is 11.8 Å². The van der Waals surface area contributed by atoms with E-state index in [1.54, 1.807) is 70.2 Å². The predicted octanol–water partition coefficient (Wildman–Crippen LogP) is -1.06. The molecule has 0 bridgehead atoms. The van der Waals surface area contributed by atoms with Crippen molar-refractivity contribution in [3.8, 4) is 5.75 Å². The Hall–Kier alpha value is -6.04. The van der Waals surface area contributed by atoms with Crippen LogP contribution in [0.4, 0.5) is 0 Å². The smallest absolute Gasteiger partial charge is 0.322 e. The molecule has 2 aromatic rings. The van der Waals surface area contributed by atoms with Crippen molar-refractivity contribution in [1.82, 2.24) is 31.9 Å². The minimum Gasteiger partial charge on any atom is -0.508 e. The fourth-order valence-electron chi connectivity index (χ4n) is 5.22. The molecular formula is C37H51N7O11. The maximum Gasteiger partial charge on any atom is 0.322 e. The van der Waals surface area contributed by atoms with Gasteiger partial charge in [0.1, 0.15) is 42.5 Å². The minimum atomic E-state index is -1.73. The zero-order valence-electron chi connectivity index (χ0n) is 31.3. The van der Waals surface area contributed by atoms with Crippen molar-refractivity contribution in [2.24, 2.45) is 17.6 Å². The highest BCUT2D eigenvalue weighted by Crippen LogP contribution is 2.12. The van der Waals surface area contributed by atoms with E-state index in [4.69, 9.17) is 10.8 Å². The van der Waals surface area contributed by atoms with Gasteiger partial charge in [-0.2, -0.15) is 0 Å². The number of carbonyl (C=O) groups is 8. The number of hydrogen-bond donors (Lipinski definition) is 10. The average molecular weight is 770 g/mol. The summed E-state index contributed by atoms with van der Waals surface area (Å²) in [7, 11) is 0. The Labute approximate surface area is 318 Å². The summed E-state index contributed by atoms with van der Waals surface area (Å²) < 4.78 is 0. The van der Waals surface area contributed by atoms with E-state index in [2.05, 4.69) is 31.9 Å². The van der Waals surface area contributed by atoms with Gasteiger partial charge in [0.15, 0.2) is 0 Å². The van der Waals surface area contributed by atoms with Crippen LogP contribution in [0.25, 0.3) is 0 Å². The number of hydrogen-bond acceptors (Lipinski definition) is 10. The molecule has 2 aromatic carbocycles. The van der Waals surface area contributed by atoms with E-state index < -0.39 is 108 Å². The largest absolute Gasteiger partial charge is 0.508 e. The van der Waals surface area contributed by atoms with E-state index in [0.717, 1.165) is 0 Å². The van der Waals surface area contributed by atoms with Crippen LogP contribution in [0.3, 0.4) is 0 Å². The first kappa shape index (κ1) is 45.1. The van der Waals surface area contributed by atoms with Gasteiger partial charge in [0.2, 0.25) is 35.4 Å². The predicted molar refractivity (Wildman–Crippen MR) is 198 cm³/mol. The number of carboxylic acid groups (broad SMARTS) is 2. The molecule has 0 radical (unpaired) electrons. The standard InChI is InChI=1S/C37H51N7O11/c1-19(2)30(36(54)39-18-29(48)49)44-37(55)31(20(3)4)43-35(53)27(17-28(46)47)42-34(52)26(16-22-9-7-6-8-10-22)41-32(50)21(5)40-33(51)25(38)15-23-11-13-24(45)14-12-23/h6-14,19-21,25-27,30-31,45H,15-18,38H2,1-5H3,(H,39,54)(H,40,51)(H,41,50)(H,42,52)(H,43,53)(H,44,55)(H,46,47)(H,48,49). The van der Waals surface area contributed by atoms with Crippen LogP contribution in [0.1, 0.15) is 52.2 Å². The number of phenols is 1. The maximum absolute atomic E-state index is 13.7. The number of phenolic OH excluding ortho intramolecular Hbond substituents is 1. The molecule has 6 amide bonds. The van der Waals surface area contributed by atoms with Gasteiger partial charge in [-0.05, 0) is 48.4 Å². The zero-order valence-corrected chi connectivity index (χ0v) is 31.3. The number of benzene rings is 2. The van der Waals surface area contributed by atoms with Gasteiger partial charge in [-0.15, -0.1) is 0 Å². The first-order chi connectivity index (χ1) is 25.8. The highest BCUT2D eigenvalue weighted by molar-refractivity contribution is 5.98. The van der Waals surface area contributed by atoms with E-state index in [9.17, 15) is 48.6 Å². The van der Waals surface area contributed by atoms with Gasteiger partial charge in [-0.25, -0.2) is 0 Å². The van der Waals surface area contributed by atoms with Crippen LogP contribution in [0.15, 0.2) is 54.6 Å². The number of aliphatic carboxylic acids is 2. The van der Waals surface area contributed by atoms with Crippen molar-refractivity contribution < 1.29 is 53.7 Å². The van der Waals surface area contributed by atoms with Gasteiger partial charge in [0, 0.05) is 6.42 Å². The monoisotopic (exact) mass is 769 g/mol. The van der Waals surface area contributed by atoms with E-state index in [-0.39, 0.29) is 18.6 Å². The second kappa shape index (κ2) is 21.6. The quantitative estimate of drug-likeness (QED) is 0.0727. The van der Waals surface area contributed by atoms with Crippen molar-refractivity contribution in [1.29, 1.82) is 0 Å². The molecule has 6 atom stereocenters. The van der Waals surface area contributed by atoms with E-state index in [1.165, 1.54) is 19.1 Å². The van der Waals surface area contributed by atoms with Crippen molar-refractivity contribution in [2.75, 3.05) is 6.54 Å². The fourth-order valence-corrected chi connectivity index (χ4v) is 5.22. The summed E-state index contributed by atoms with van der Waals surface area (Å²) in [4.78, 5) is 102. The molecule has 0 saturated carbocycles. The van der Waals surface area contributed by atoms with Crippen LogP contribution >= 0.6 is 0 Å². The molecule has 300 valence electrons. The third kappa shape index (κ3) is 15.5. The lowest BCUT2D eigenvalue weighted by Crippen LogP contribution is -2.61. The Balaban J connectivity index is 2.23. The van der Waals surface area contributed by atoms with Crippen molar-refractivity contribution in [3.63, 3.8) is 0 Å². The number of carboxylic acids is 2. The van der Waals surface area contributed by atoms with Crippen LogP contribution in [0.2, 0.25) is 0 Å².